The van der Waals surface area contributed by atoms with Crippen LogP contribution in [-0.4, -0.2) is 22.7 Å². The van der Waals surface area contributed by atoms with Crippen LogP contribution in [0.3, 0.4) is 0 Å². The van der Waals surface area contributed by atoms with Gasteiger partial charge in [-0.05, 0) is 35.9 Å². The first-order chi connectivity index (χ1) is 13.9. The number of ether oxygens (including phenoxy) is 2. The number of benzene rings is 2. The molecule has 8 heteroatoms. The highest BCUT2D eigenvalue weighted by Crippen LogP contribution is 2.33. The number of allylic oxidation sites excluding steroid dienone is 1. The third kappa shape index (κ3) is 5.12. The van der Waals surface area contributed by atoms with E-state index < -0.39 is 0 Å². The number of para-hydroxylation sites is 1. The summed E-state index contributed by atoms with van der Waals surface area (Å²) in [6.07, 6.45) is 4.61. The fourth-order valence-corrected chi connectivity index (χ4v) is 3.23. The van der Waals surface area contributed by atoms with Crippen molar-refractivity contribution < 1.29 is 14.3 Å². The summed E-state index contributed by atoms with van der Waals surface area (Å²) in [5, 5.41) is 5.29. The van der Waals surface area contributed by atoms with Crippen LogP contribution in [0.4, 0.5) is 0 Å². The van der Waals surface area contributed by atoms with E-state index in [0.717, 1.165) is 5.56 Å². The number of ketones is 1. The second-order valence-electron chi connectivity index (χ2n) is 6.11. The molecule has 0 bridgehead atoms. The van der Waals surface area contributed by atoms with Gasteiger partial charge in [0.1, 0.15) is 6.61 Å². The van der Waals surface area contributed by atoms with Gasteiger partial charge in [0, 0.05) is 18.8 Å². The first kappa shape index (κ1) is 21.2. The van der Waals surface area contributed by atoms with Gasteiger partial charge in [-0.3, -0.25) is 9.48 Å². The first-order valence-corrected chi connectivity index (χ1v) is 9.67. The quantitative estimate of drug-likeness (QED) is 0.333. The van der Waals surface area contributed by atoms with Crippen molar-refractivity contribution in [2.75, 3.05) is 7.11 Å². The fourth-order valence-electron chi connectivity index (χ4n) is 2.64. The molecule has 0 N–H and O–H groups in total. The Morgan fingerprint density at radius 2 is 1.93 bits per heavy atom. The molecule has 3 aromatic rings. The van der Waals surface area contributed by atoms with E-state index in [9.17, 15) is 4.79 Å². The molecule has 0 saturated carbocycles. The van der Waals surface area contributed by atoms with Crippen LogP contribution in [0.5, 0.6) is 11.5 Å². The lowest BCUT2D eigenvalue weighted by molar-refractivity contribution is 0.104. The first-order valence-electron chi connectivity index (χ1n) is 8.54. The van der Waals surface area contributed by atoms with Gasteiger partial charge >= 0.3 is 0 Å². The van der Waals surface area contributed by atoms with Crippen LogP contribution in [0, 0.1) is 0 Å². The second-order valence-corrected chi connectivity index (χ2v) is 7.33. The Hall–Kier alpha value is -2.47. The average Bonchev–Trinajstić information content (AvgIpc) is 3.05. The van der Waals surface area contributed by atoms with Crippen LogP contribution in [0.15, 0.2) is 48.7 Å². The van der Waals surface area contributed by atoms with Crippen molar-refractivity contribution in [1.82, 2.24) is 9.78 Å². The molecule has 1 heterocycles. The maximum atomic E-state index is 12.4. The van der Waals surface area contributed by atoms with E-state index in [1.807, 2.05) is 18.2 Å². The summed E-state index contributed by atoms with van der Waals surface area (Å²) >= 11 is 18.1. The van der Waals surface area contributed by atoms with Crippen molar-refractivity contribution in [2.24, 2.45) is 7.05 Å². The summed E-state index contributed by atoms with van der Waals surface area (Å²) < 4.78 is 12.9. The number of halogens is 3. The van der Waals surface area contributed by atoms with Crippen molar-refractivity contribution in [2.45, 2.75) is 6.61 Å². The predicted molar refractivity (Wildman–Crippen MR) is 115 cm³/mol. The van der Waals surface area contributed by atoms with Crippen molar-refractivity contribution in [1.29, 1.82) is 0 Å². The monoisotopic (exact) mass is 450 g/mol. The van der Waals surface area contributed by atoms with Gasteiger partial charge in [-0.1, -0.05) is 53.0 Å². The summed E-state index contributed by atoms with van der Waals surface area (Å²) in [7, 11) is 3.25. The second kappa shape index (κ2) is 9.35. The molecule has 0 aliphatic carbocycles. The molecule has 0 radical (unpaired) electrons. The minimum atomic E-state index is -0.311. The van der Waals surface area contributed by atoms with Gasteiger partial charge in [0.15, 0.2) is 17.2 Å². The molecule has 150 valence electrons. The summed E-state index contributed by atoms with van der Waals surface area (Å²) in [5.41, 5.74) is 1.70. The van der Waals surface area contributed by atoms with Gasteiger partial charge in [0.2, 0.25) is 5.78 Å². The lowest BCUT2D eigenvalue weighted by Crippen LogP contribution is -2.01. The molecule has 1 aromatic heterocycles. The van der Waals surface area contributed by atoms with Crippen molar-refractivity contribution in [3.05, 3.63) is 80.6 Å². The van der Waals surface area contributed by atoms with Crippen LogP contribution in [0.25, 0.3) is 6.08 Å². The molecule has 3 rings (SSSR count). The van der Waals surface area contributed by atoms with Gasteiger partial charge in [0.25, 0.3) is 0 Å². The summed E-state index contributed by atoms with van der Waals surface area (Å²) in [4.78, 5) is 12.4. The number of carbonyl (C=O) groups excluding carboxylic acids is 1. The lowest BCUT2D eigenvalue weighted by Gasteiger charge is -2.13. The Morgan fingerprint density at radius 1 is 1.14 bits per heavy atom. The van der Waals surface area contributed by atoms with Crippen LogP contribution in [-0.2, 0) is 13.7 Å². The third-order valence-corrected chi connectivity index (χ3v) is 5.04. The minimum Gasteiger partial charge on any atom is -0.493 e. The zero-order chi connectivity index (χ0) is 21.0. The zero-order valence-corrected chi connectivity index (χ0v) is 17.9. The Balaban J connectivity index is 1.84. The van der Waals surface area contributed by atoms with Crippen LogP contribution < -0.4 is 9.47 Å². The van der Waals surface area contributed by atoms with E-state index >= 15 is 0 Å². The summed E-state index contributed by atoms with van der Waals surface area (Å²) in [6.45, 7) is 0.248. The molecule has 5 nitrogen and oxygen atoms in total. The fraction of sp³-hybridized carbons (Fsp3) is 0.143. The van der Waals surface area contributed by atoms with Gasteiger partial charge in [0.05, 0.1) is 22.2 Å². The SMILES string of the molecule is COc1cccc(/C=C/C(=O)c2nn(C)cc2Cl)c1OCc1ccc(Cl)c(Cl)c1. The minimum absolute atomic E-state index is 0.187. The number of aromatic nitrogens is 2. The molecular formula is C21H17Cl3N2O3. The van der Waals surface area contributed by atoms with Crippen molar-refractivity contribution in [3.8, 4) is 11.5 Å². The topological polar surface area (TPSA) is 53.3 Å². The van der Waals surface area contributed by atoms with E-state index in [1.54, 1.807) is 44.6 Å². The van der Waals surface area contributed by atoms with Gasteiger partial charge < -0.3 is 9.47 Å². The molecule has 0 atom stereocenters. The van der Waals surface area contributed by atoms with Gasteiger partial charge in [-0.25, -0.2) is 0 Å². The van der Waals surface area contributed by atoms with Crippen LogP contribution in [0.2, 0.25) is 15.1 Å². The normalized spacial score (nSPS) is 11.1. The molecule has 2 aromatic carbocycles. The van der Waals surface area contributed by atoms with Crippen LogP contribution >= 0.6 is 34.8 Å². The number of hydrogen-bond acceptors (Lipinski definition) is 4. The Labute approximate surface area is 183 Å². The molecule has 29 heavy (non-hydrogen) atoms. The number of aryl methyl sites for hydroxylation is 1. The lowest BCUT2D eigenvalue weighted by atomic mass is 10.1. The maximum absolute atomic E-state index is 12.4. The van der Waals surface area contributed by atoms with E-state index in [2.05, 4.69) is 5.10 Å². The summed E-state index contributed by atoms with van der Waals surface area (Å²) in [5.74, 6) is 0.724. The standard InChI is InChI=1S/C21H17Cl3N2O3/c1-26-11-17(24)20(25-26)18(27)9-7-14-4-3-5-19(28-2)21(14)29-12-13-6-8-15(22)16(23)10-13/h3-11H,12H2,1-2H3/b9-7+. The number of carbonyl (C=O) groups is 1. The molecule has 0 aliphatic heterocycles. The smallest absolute Gasteiger partial charge is 0.207 e. The van der Waals surface area contributed by atoms with Crippen molar-refractivity contribution >= 4 is 46.7 Å². The molecule has 0 aliphatic rings. The van der Waals surface area contributed by atoms with E-state index in [1.165, 1.54) is 10.8 Å². The predicted octanol–water partition coefficient (Wildman–Crippen LogP) is 5.86. The number of methoxy groups -OCH3 is 1. The Bertz CT molecular complexity index is 1080. The molecule has 0 unspecified atom stereocenters. The number of nitrogens with zero attached hydrogens (tertiary/aromatic N) is 2. The molecular weight excluding hydrogens is 435 g/mol. The third-order valence-electron chi connectivity index (χ3n) is 4.03. The largest absolute Gasteiger partial charge is 0.493 e. The Kier molecular flexibility index (Phi) is 6.85. The number of hydrogen-bond donors (Lipinski definition) is 0. The van der Waals surface area contributed by atoms with E-state index in [-0.39, 0.29) is 18.1 Å². The highest BCUT2D eigenvalue weighted by molar-refractivity contribution is 6.42. The zero-order valence-electron chi connectivity index (χ0n) is 15.7. The van der Waals surface area contributed by atoms with Crippen molar-refractivity contribution in [3.63, 3.8) is 0 Å². The highest BCUT2D eigenvalue weighted by Gasteiger charge is 2.14. The van der Waals surface area contributed by atoms with Gasteiger partial charge in [-0.15, -0.1) is 0 Å². The van der Waals surface area contributed by atoms with Crippen LogP contribution in [0.1, 0.15) is 21.6 Å². The molecule has 0 saturated heterocycles. The molecule has 0 amide bonds. The highest BCUT2D eigenvalue weighted by atomic mass is 35.5. The van der Waals surface area contributed by atoms with E-state index in [0.29, 0.717) is 32.1 Å². The van der Waals surface area contributed by atoms with E-state index in [4.69, 9.17) is 44.3 Å². The average molecular weight is 452 g/mol. The molecule has 0 spiro atoms. The molecule has 0 fully saturated rings. The maximum Gasteiger partial charge on any atom is 0.207 e. The van der Waals surface area contributed by atoms with Gasteiger partial charge in [-0.2, -0.15) is 5.10 Å². The Morgan fingerprint density at radius 3 is 2.59 bits per heavy atom. The summed E-state index contributed by atoms with van der Waals surface area (Å²) in [6, 6.07) is 10.7. The number of rotatable bonds is 7.